The third-order valence-electron chi connectivity index (χ3n) is 3.90. The van der Waals surface area contributed by atoms with E-state index in [9.17, 15) is 4.79 Å². The summed E-state index contributed by atoms with van der Waals surface area (Å²) in [6.07, 6.45) is 0. The van der Waals surface area contributed by atoms with Gasteiger partial charge in [0.2, 0.25) is 11.7 Å². The number of amides is 1. The Hall–Kier alpha value is -3.35. The molecule has 3 aromatic rings. The van der Waals surface area contributed by atoms with Crippen molar-refractivity contribution in [3.8, 4) is 17.1 Å². The molecule has 1 heterocycles. The van der Waals surface area contributed by atoms with Crippen LogP contribution in [0.1, 0.15) is 37.0 Å². The number of nitrogens with zero attached hydrogens (tertiary/aromatic N) is 2. The Labute approximate surface area is 164 Å². The van der Waals surface area contributed by atoms with E-state index in [2.05, 4.69) is 20.8 Å². The number of para-hydroxylation sites is 1. The van der Waals surface area contributed by atoms with Crippen molar-refractivity contribution < 1.29 is 14.1 Å². The van der Waals surface area contributed by atoms with Crippen LogP contribution in [-0.2, 0) is 6.54 Å². The van der Waals surface area contributed by atoms with Crippen molar-refractivity contribution in [2.45, 2.75) is 32.9 Å². The van der Waals surface area contributed by atoms with Crippen LogP contribution in [0.2, 0.25) is 0 Å². The molecule has 0 spiro atoms. The Bertz CT molecular complexity index is 943. The fraction of sp³-hybridized carbons (Fsp3) is 0.286. The van der Waals surface area contributed by atoms with Gasteiger partial charge in [-0.1, -0.05) is 17.3 Å². The average molecular weight is 380 g/mol. The maximum absolute atomic E-state index is 12.2. The van der Waals surface area contributed by atoms with Gasteiger partial charge < -0.3 is 19.9 Å². The van der Waals surface area contributed by atoms with E-state index in [0.29, 0.717) is 29.6 Å². The van der Waals surface area contributed by atoms with Gasteiger partial charge in [-0.15, -0.1) is 0 Å². The summed E-state index contributed by atoms with van der Waals surface area (Å²) in [6.45, 7) is 6.22. The van der Waals surface area contributed by atoms with E-state index in [4.69, 9.17) is 9.26 Å². The molecule has 7 heteroatoms. The third-order valence-corrected chi connectivity index (χ3v) is 3.90. The van der Waals surface area contributed by atoms with Crippen LogP contribution in [0.5, 0.6) is 5.75 Å². The molecular formula is C21H24N4O3. The third kappa shape index (κ3) is 4.88. The second-order valence-electron chi connectivity index (χ2n) is 7.35. The van der Waals surface area contributed by atoms with Crippen LogP contribution in [0.25, 0.3) is 11.4 Å². The minimum atomic E-state index is -0.273. The standard InChI is InChI=1S/C21H24N4O3/c1-21(2,3)24-20(26)14-9-11-15(12-10-14)22-13-18-23-19(25-28-18)16-7-5-6-8-17(16)27-4/h5-12,22H,13H2,1-4H3,(H,24,26). The van der Waals surface area contributed by atoms with Crippen molar-refractivity contribution in [3.63, 3.8) is 0 Å². The Balaban J connectivity index is 1.62. The van der Waals surface area contributed by atoms with E-state index in [1.54, 1.807) is 19.2 Å². The highest BCUT2D eigenvalue weighted by Crippen LogP contribution is 2.27. The Kier molecular flexibility index (Phi) is 5.63. The first-order chi connectivity index (χ1) is 13.4. The molecular weight excluding hydrogens is 356 g/mol. The molecule has 1 amide bonds. The molecule has 146 valence electrons. The van der Waals surface area contributed by atoms with Crippen molar-refractivity contribution in [2.75, 3.05) is 12.4 Å². The van der Waals surface area contributed by atoms with E-state index in [-0.39, 0.29) is 11.4 Å². The zero-order valence-corrected chi connectivity index (χ0v) is 16.4. The normalized spacial score (nSPS) is 11.1. The van der Waals surface area contributed by atoms with Gasteiger partial charge in [0.1, 0.15) is 5.75 Å². The Morgan fingerprint density at radius 3 is 2.50 bits per heavy atom. The minimum Gasteiger partial charge on any atom is -0.496 e. The van der Waals surface area contributed by atoms with Crippen LogP contribution in [0.15, 0.2) is 53.1 Å². The lowest BCUT2D eigenvalue weighted by molar-refractivity contribution is 0.0919. The van der Waals surface area contributed by atoms with E-state index in [1.807, 2.05) is 57.2 Å². The van der Waals surface area contributed by atoms with Crippen LogP contribution in [0, 0.1) is 0 Å². The fourth-order valence-corrected chi connectivity index (χ4v) is 2.60. The van der Waals surface area contributed by atoms with Gasteiger partial charge in [0.15, 0.2) is 0 Å². The van der Waals surface area contributed by atoms with Gasteiger partial charge in [-0.3, -0.25) is 4.79 Å². The highest BCUT2D eigenvalue weighted by atomic mass is 16.5. The summed E-state index contributed by atoms with van der Waals surface area (Å²) in [5.41, 5.74) is 1.96. The first-order valence-electron chi connectivity index (χ1n) is 8.98. The summed E-state index contributed by atoms with van der Waals surface area (Å²) in [4.78, 5) is 16.6. The monoisotopic (exact) mass is 380 g/mol. The number of anilines is 1. The molecule has 0 aliphatic carbocycles. The number of rotatable bonds is 6. The van der Waals surface area contributed by atoms with Crippen molar-refractivity contribution in [2.24, 2.45) is 0 Å². The van der Waals surface area contributed by atoms with Gasteiger partial charge in [0.05, 0.1) is 19.2 Å². The van der Waals surface area contributed by atoms with E-state index in [0.717, 1.165) is 11.3 Å². The van der Waals surface area contributed by atoms with Crippen LogP contribution >= 0.6 is 0 Å². The van der Waals surface area contributed by atoms with Crippen LogP contribution in [0.3, 0.4) is 0 Å². The van der Waals surface area contributed by atoms with Gasteiger partial charge >= 0.3 is 0 Å². The lowest BCUT2D eigenvalue weighted by Gasteiger charge is -2.20. The molecule has 0 bridgehead atoms. The summed E-state index contributed by atoms with van der Waals surface area (Å²) in [7, 11) is 1.60. The Morgan fingerprint density at radius 2 is 1.82 bits per heavy atom. The number of nitrogens with one attached hydrogen (secondary N) is 2. The van der Waals surface area contributed by atoms with E-state index in [1.165, 1.54) is 0 Å². The average Bonchev–Trinajstić information content (AvgIpc) is 3.14. The maximum atomic E-state index is 12.2. The second-order valence-corrected chi connectivity index (χ2v) is 7.35. The molecule has 0 radical (unpaired) electrons. The quantitative estimate of drug-likeness (QED) is 0.674. The van der Waals surface area contributed by atoms with Crippen molar-refractivity contribution in [3.05, 3.63) is 60.0 Å². The summed E-state index contributed by atoms with van der Waals surface area (Å²) in [5, 5.41) is 10.2. The van der Waals surface area contributed by atoms with E-state index >= 15 is 0 Å². The lowest BCUT2D eigenvalue weighted by Crippen LogP contribution is -2.40. The summed E-state index contributed by atoms with van der Waals surface area (Å²) in [5.74, 6) is 1.52. The van der Waals surface area contributed by atoms with Gasteiger partial charge in [-0.05, 0) is 57.2 Å². The van der Waals surface area contributed by atoms with Crippen molar-refractivity contribution >= 4 is 11.6 Å². The molecule has 0 unspecified atom stereocenters. The lowest BCUT2D eigenvalue weighted by atomic mass is 10.1. The predicted octanol–water partition coefficient (Wildman–Crippen LogP) is 3.89. The van der Waals surface area contributed by atoms with Crippen LogP contribution < -0.4 is 15.4 Å². The second kappa shape index (κ2) is 8.12. The van der Waals surface area contributed by atoms with Gasteiger partial charge in [0.25, 0.3) is 5.91 Å². The van der Waals surface area contributed by atoms with Gasteiger partial charge in [-0.2, -0.15) is 4.98 Å². The fourth-order valence-electron chi connectivity index (χ4n) is 2.60. The number of carbonyl (C=O) groups excluding carboxylic acids is 1. The zero-order valence-electron chi connectivity index (χ0n) is 16.4. The highest BCUT2D eigenvalue weighted by molar-refractivity contribution is 5.94. The Morgan fingerprint density at radius 1 is 1.11 bits per heavy atom. The molecule has 0 aliphatic heterocycles. The number of hydrogen-bond donors (Lipinski definition) is 2. The molecule has 28 heavy (non-hydrogen) atoms. The van der Waals surface area contributed by atoms with Gasteiger partial charge in [0, 0.05) is 16.8 Å². The maximum Gasteiger partial charge on any atom is 0.251 e. The molecule has 0 atom stereocenters. The number of aromatic nitrogens is 2. The number of ether oxygens (including phenoxy) is 1. The summed E-state index contributed by atoms with van der Waals surface area (Å²) >= 11 is 0. The largest absolute Gasteiger partial charge is 0.496 e. The molecule has 2 aromatic carbocycles. The molecule has 0 saturated heterocycles. The van der Waals surface area contributed by atoms with Crippen LogP contribution in [0.4, 0.5) is 5.69 Å². The number of benzene rings is 2. The molecule has 1 aromatic heterocycles. The SMILES string of the molecule is COc1ccccc1-c1noc(CNc2ccc(C(=O)NC(C)(C)C)cc2)n1. The van der Waals surface area contributed by atoms with Crippen molar-refractivity contribution in [1.29, 1.82) is 0 Å². The predicted molar refractivity (Wildman–Crippen MR) is 107 cm³/mol. The molecule has 3 rings (SSSR count). The molecule has 0 saturated carbocycles. The molecule has 2 N–H and O–H groups in total. The smallest absolute Gasteiger partial charge is 0.251 e. The zero-order chi connectivity index (χ0) is 20.1. The number of hydrogen-bond acceptors (Lipinski definition) is 6. The summed E-state index contributed by atoms with van der Waals surface area (Å²) in [6, 6.07) is 14.7. The summed E-state index contributed by atoms with van der Waals surface area (Å²) < 4.78 is 10.6. The van der Waals surface area contributed by atoms with Crippen molar-refractivity contribution in [1.82, 2.24) is 15.5 Å². The topological polar surface area (TPSA) is 89.3 Å². The minimum absolute atomic E-state index is 0.0996. The first-order valence-corrected chi connectivity index (χ1v) is 8.98. The van der Waals surface area contributed by atoms with E-state index < -0.39 is 0 Å². The number of carbonyl (C=O) groups is 1. The first kappa shape index (κ1) is 19.4. The molecule has 0 fully saturated rings. The molecule has 7 nitrogen and oxygen atoms in total. The number of methoxy groups -OCH3 is 1. The molecule has 0 aliphatic rings. The van der Waals surface area contributed by atoms with Crippen LogP contribution in [-0.4, -0.2) is 28.7 Å². The van der Waals surface area contributed by atoms with Gasteiger partial charge in [-0.25, -0.2) is 0 Å². The highest BCUT2D eigenvalue weighted by Gasteiger charge is 2.15.